The highest BCUT2D eigenvalue weighted by Gasteiger charge is 2.40. The van der Waals surface area contributed by atoms with Crippen molar-refractivity contribution in [3.8, 4) is 5.75 Å². The van der Waals surface area contributed by atoms with Gasteiger partial charge in [-0.25, -0.2) is 0 Å². The molecule has 10 heteroatoms. The number of methoxy groups -OCH3 is 1. The summed E-state index contributed by atoms with van der Waals surface area (Å²) >= 11 is 6.34. The van der Waals surface area contributed by atoms with Gasteiger partial charge in [0.1, 0.15) is 5.75 Å². The Bertz CT molecular complexity index is 1090. The Labute approximate surface area is 182 Å². The standard InChI is InChI=1S/C21H19ClFN3O5/c1-31-18-7-5-15(22)14-3-2-8-24(20(14)18)21(28)12-9-19(27)25(11-12)13-4-6-16(23)17(10-13)26(29)30/h4-7,10,12H,2-3,8-9,11H2,1H3. The molecule has 0 N–H and O–H groups in total. The van der Waals surface area contributed by atoms with Gasteiger partial charge in [0.2, 0.25) is 17.6 Å². The molecule has 4 rings (SSSR count). The molecule has 2 aliphatic rings. The van der Waals surface area contributed by atoms with Gasteiger partial charge < -0.3 is 14.5 Å². The summed E-state index contributed by atoms with van der Waals surface area (Å²) in [5.74, 6) is -1.69. The lowest BCUT2D eigenvalue weighted by molar-refractivity contribution is -0.387. The second kappa shape index (κ2) is 8.14. The SMILES string of the molecule is COc1ccc(Cl)c2c1N(C(=O)C1CC(=O)N(c3ccc(F)c([N+](=O)[O-])c3)C1)CCC2. The van der Waals surface area contributed by atoms with Crippen LogP contribution >= 0.6 is 11.6 Å². The number of rotatable bonds is 4. The quantitative estimate of drug-likeness (QED) is 0.526. The van der Waals surface area contributed by atoms with Gasteiger partial charge in [-0.1, -0.05) is 11.6 Å². The van der Waals surface area contributed by atoms with Crippen molar-refractivity contribution in [2.45, 2.75) is 19.3 Å². The minimum atomic E-state index is -0.984. The van der Waals surface area contributed by atoms with E-state index in [0.29, 0.717) is 29.4 Å². The summed E-state index contributed by atoms with van der Waals surface area (Å²) < 4.78 is 19.1. The molecule has 1 saturated heterocycles. The number of ether oxygens (including phenoxy) is 1. The van der Waals surface area contributed by atoms with E-state index in [2.05, 4.69) is 0 Å². The second-order valence-corrected chi connectivity index (χ2v) is 7.88. The zero-order valence-corrected chi connectivity index (χ0v) is 17.4. The highest BCUT2D eigenvalue weighted by molar-refractivity contribution is 6.32. The Kier molecular flexibility index (Phi) is 5.53. The summed E-state index contributed by atoms with van der Waals surface area (Å²) in [5.41, 5.74) is 0.919. The van der Waals surface area contributed by atoms with Gasteiger partial charge in [-0.3, -0.25) is 19.7 Å². The van der Waals surface area contributed by atoms with Gasteiger partial charge in [0.05, 0.1) is 29.3 Å². The summed E-state index contributed by atoms with van der Waals surface area (Å²) in [7, 11) is 1.52. The lowest BCUT2D eigenvalue weighted by Crippen LogP contribution is -2.41. The van der Waals surface area contributed by atoms with Crippen molar-refractivity contribution in [1.82, 2.24) is 0 Å². The Morgan fingerprint density at radius 1 is 1.32 bits per heavy atom. The number of benzene rings is 2. The van der Waals surface area contributed by atoms with Crippen molar-refractivity contribution in [2.75, 3.05) is 30.0 Å². The van der Waals surface area contributed by atoms with Crippen molar-refractivity contribution in [3.63, 3.8) is 0 Å². The first kappa shape index (κ1) is 21.0. The molecular weight excluding hydrogens is 429 g/mol. The van der Waals surface area contributed by atoms with E-state index in [-0.39, 0.29) is 30.5 Å². The molecule has 2 aromatic rings. The van der Waals surface area contributed by atoms with E-state index in [1.165, 1.54) is 18.1 Å². The van der Waals surface area contributed by atoms with Crippen LogP contribution in [-0.4, -0.2) is 36.9 Å². The van der Waals surface area contributed by atoms with E-state index >= 15 is 0 Å². The average molecular weight is 448 g/mol. The summed E-state index contributed by atoms with van der Waals surface area (Å²) in [4.78, 5) is 39.1. The molecule has 0 bridgehead atoms. The topological polar surface area (TPSA) is 93.0 Å². The number of carbonyl (C=O) groups is 2. The molecule has 2 aromatic carbocycles. The normalized spacial score (nSPS) is 18.2. The number of hydrogen-bond acceptors (Lipinski definition) is 5. The minimum absolute atomic E-state index is 0.0429. The molecule has 1 atom stereocenters. The number of halogens is 2. The van der Waals surface area contributed by atoms with Gasteiger partial charge in [0.15, 0.2) is 0 Å². The molecule has 0 saturated carbocycles. The first-order chi connectivity index (χ1) is 14.8. The Hall–Kier alpha value is -3.20. The molecule has 2 aliphatic heterocycles. The summed E-state index contributed by atoms with van der Waals surface area (Å²) in [5, 5.41) is 11.6. The van der Waals surface area contributed by atoms with Crippen molar-refractivity contribution >= 4 is 40.5 Å². The van der Waals surface area contributed by atoms with Crippen molar-refractivity contribution < 1.29 is 23.6 Å². The summed E-state index contributed by atoms with van der Waals surface area (Å²) in [6, 6.07) is 6.70. The fourth-order valence-electron chi connectivity index (χ4n) is 4.19. The van der Waals surface area contributed by atoms with Gasteiger partial charge in [0, 0.05) is 30.6 Å². The van der Waals surface area contributed by atoms with E-state index in [9.17, 15) is 24.1 Å². The fourth-order valence-corrected chi connectivity index (χ4v) is 4.43. The predicted molar refractivity (Wildman–Crippen MR) is 112 cm³/mol. The van der Waals surface area contributed by atoms with Crippen LogP contribution in [0.5, 0.6) is 5.75 Å². The van der Waals surface area contributed by atoms with Gasteiger partial charge >= 0.3 is 5.69 Å². The lowest BCUT2D eigenvalue weighted by Gasteiger charge is -2.33. The molecule has 8 nitrogen and oxygen atoms in total. The Morgan fingerprint density at radius 2 is 2.10 bits per heavy atom. The zero-order chi connectivity index (χ0) is 22.3. The lowest BCUT2D eigenvalue weighted by atomic mass is 9.98. The third kappa shape index (κ3) is 3.69. The predicted octanol–water partition coefficient (Wildman–Crippen LogP) is 3.73. The molecule has 2 heterocycles. The Morgan fingerprint density at radius 3 is 2.81 bits per heavy atom. The maximum absolute atomic E-state index is 13.7. The largest absolute Gasteiger partial charge is 0.495 e. The Balaban J connectivity index is 1.62. The maximum atomic E-state index is 13.7. The fraction of sp³-hybridized carbons (Fsp3) is 0.333. The number of nitro groups is 1. The summed E-state index contributed by atoms with van der Waals surface area (Å²) in [6.45, 7) is 0.518. The van der Waals surface area contributed by atoms with Crippen molar-refractivity contribution in [2.24, 2.45) is 5.92 Å². The molecule has 2 amide bonds. The molecule has 0 aromatic heterocycles. The molecule has 0 spiro atoms. The van der Waals surface area contributed by atoms with E-state index in [0.717, 1.165) is 24.1 Å². The number of nitro benzene ring substituents is 1. The van der Waals surface area contributed by atoms with Gasteiger partial charge in [-0.15, -0.1) is 0 Å². The molecule has 1 fully saturated rings. The molecule has 0 radical (unpaired) electrons. The molecule has 1 unspecified atom stereocenters. The number of amides is 2. The van der Waals surface area contributed by atoms with E-state index in [1.54, 1.807) is 17.0 Å². The number of nitrogens with zero attached hydrogens (tertiary/aromatic N) is 3. The number of hydrogen-bond donors (Lipinski definition) is 0. The molecule has 0 aliphatic carbocycles. The van der Waals surface area contributed by atoms with Gasteiger partial charge in [-0.2, -0.15) is 4.39 Å². The van der Waals surface area contributed by atoms with E-state index < -0.39 is 22.3 Å². The highest BCUT2D eigenvalue weighted by atomic mass is 35.5. The zero-order valence-electron chi connectivity index (χ0n) is 16.6. The van der Waals surface area contributed by atoms with Crippen LogP contribution in [0, 0.1) is 21.8 Å². The molecule has 31 heavy (non-hydrogen) atoms. The van der Waals surface area contributed by atoms with Crippen molar-refractivity contribution in [1.29, 1.82) is 0 Å². The molecular formula is C21H19ClFN3O5. The smallest absolute Gasteiger partial charge is 0.306 e. The maximum Gasteiger partial charge on any atom is 0.306 e. The van der Waals surface area contributed by atoms with Crippen molar-refractivity contribution in [3.05, 3.63) is 56.8 Å². The average Bonchev–Trinajstić information content (AvgIpc) is 3.15. The number of anilines is 2. The highest BCUT2D eigenvalue weighted by Crippen LogP contribution is 2.41. The van der Waals surface area contributed by atoms with Crippen LogP contribution in [0.4, 0.5) is 21.5 Å². The van der Waals surface area contributed by atoms with Crippen LogP contribution < -0.4 is 14.5 Å². The van der Waals surface area contributed by atoms with Gasteiger partial charge in [-0.05, 0) is 42.7 Å². The minimum Gasteiger partial charge on any atom is -0.495 e. The van der Waals surface area contributed by atoms with Crippen LogP contribution in [0.25, 0.3) is 0 Å². The first-order valence-corrected chi connectivity index (χ1v) is 10.1. The third-order valence-corrected chi connectivity index (χ3v) is 6.02. The van der Waals surface area contributed by atoms with Crippen LogP contribution in [-0.2, 0) is 16.0 Å². The number of carbonyl (C=O) groups excluding carboxylic acids is 2. The first-order valence-electron chi connectivity index (χ1n) is 9.73. The van der Waals surface area contributed by atoms with Crippen LogP contribution in [0.15, 0.2) is 30.3 Å². The molecule has 162 valence electrons. The van der Waals surface area contributed by atoms with E-state index in [4.69, 9.17) is 16.3 Å². The van der Waals surface area contributed by atoms with Gasteiger partial charge in [0.25, 0.3) is 0 Å². The van der Waals surface area contributed by atoms with Crippen LogP contribution in [0.3, 0.4) is 0 Å². The second-order valence-electron chi connectivity index (χ2n) is 7.47. The van der Waals surface area contributed by atoms with E-state index in [1.807, 2.05) is 0 Å². The number of fused-ring (bicyclic) bond motifs is 1. The van der Waals surface area contributed by atoms with Crippen LogP contribution in [0.2, 0.25) is 5.02 Å². The third-order valence-electron chi connectivity index (χ3n) is 5.67. The monoisotopic (exact) mass is 447 g/mol. The van der Waals surface area contributed by atoms with Crippen LogP contribution in [0.1, 0.15) is 18.4 Å². The summed E-state index contributed by atoms with van der Waals surface area (Å²) in [6.07, 6.45) is 1.39.